The quantitative estimate of drug-likeness (QED) is 0.799. The highest BCUT2D eigenvalue weighted by atomic mass is 79.9. The Bertz CT molecular complexity index is 610. The number of hydrogen-bond donors (Lipinski definition) is 0. The van der Waals surface area contributed by atoms with E-state index < -0.39 is 0 Å². The summed E-state index contributed by atoms with van der Waals surface area (Å²) in [7, 11) is 0. The first-order valence-corrected chi connectivity index (χ1v) is 6.21. The van der Waals surface area contributed by atoms with Gasteiger partial charge in [0, 0.05) is 28.0 Å². The molecule has 0 radical (unpaired) electrons. The summed E-state index contributed by atoms with van der Waals surface area (Å²) in [6.45, 7) is 2.21. The van der Waals surface area contributed by atoms with E-state index in [4.69, 9.17) is 11.6 Å². The Labute approximate surface area is 112 Å². The summed E-state index contributed by atoms with van der Waals surface area (Å²) in [5.41, 5.74) is 1.50. The molecule has 0 aliphatic heterocycles. The fourth-order valence-corrected chi connectivity index (χ4v) is 2.35. The number of hydrogen-bond acceptors (Lipinski definition) is 2. The van der Waals surface area contributed by atoms with Gasteiger partial charge in [-0.25, -0.2) is 4.98 Å². The Morgan fingerprint density at radius 3 is 3.00 bits per heavy atom. The highest BCUT2D eigenvalue weighted by Crippen LogP contribution is 2.14. The van der Waals surface area contributed by atoms with E-state index >= 15 is 0 Å². The fraction of sp³-hybridized carbons (Fsp3) is 0.167. The minimum absolute atomic E-state index is 0.0203. The summed E-state index contributed by atoms with van der Waals surface area (Å²) >= 11 is 9.34. The van der Waals surface area contributed by atoms with Crippen LogP contribution in [0.4, 0.5) is 0 Å². The normalized spacial score (nSPS) is 10.5. The third-order valence-corrected chi connectivity index (χ3v) is 3.18. The van der Waals surface area contributed by atoms with Crippen LogP contribution in [-0.4, -0.2) is 9.55 Å². The fourth-order valence-electron chi connectivity index (χ4n) is 1.58. The van der Waals surface area contributed by atoms with Crippen molar-refractivity contribution in [3.63, 3.8) is 0 Å². The van der Waals surface area contributed by atoms with Crippen LogP contribution in [-0.2, 0) is 6.54 Å². The lowest BCUT2D eigenvalue weighted by Gasteiger charge is -2.08. The number of rotatable bonds is 2. The summed E-state index contributed by atoms with van der Waals surface area (Å²) in [4.78, 5) is 15.9. The smallest absolute Gasteiger partial charge is 0.253 e. The van der Waals surface area contributed by atoms with Crippen molar-refractivity contribution in [1.82, 2.24) is 9.55 Å². The zero-order valence-electron chi connectivity index (χ0n) is 9.15. The van der Waals surface area contributed by atoms with E-state index in [-0.39, 0.29) is 5.56 Å². The lowest BCUT2D eigenvalue weighted by Crippen LogP contribution is -2.22. The summed E-state index contributed by atoms with van der Waals surface area (Å²) < 4.78 is 2.48. The molecule has 0 saturated heterocycles. The maximum absolute atomic E-state index is 11.9. The number of aryl methyl sites for hydroxylation is 1. The van der Waals surface area contributed by atoms with Crippen LogP contribution in [0.2, 0.25) is 5.15 Å². The lowest BCUT2D eigenvalue weighted by atomic mass is 10.2. The minimum Gasteiger partial charge on any atom is -0.310 e. The van der Waals surface area contributed by atoms with Crippen molar-refractivity contribution in [1.29, 1.82) is 0 Å². The third kappa shape index (κ3) is 2.76. The van der Waals surface area contributed by atoms with Crippen LogP contribution in [0.5, 0.6) is 0 Å². The first-order chi connectivity index (χ1) is 8.08. The molecule has 5 heteroatoms. The maximum Gasteiger partial charge on any atom is 0.253 e. The van der Waals surface area contributed by atoms with Gasteiger partial charge in [0.1, 0.15) is 5.15 Å². The van der Waals surface area contributed by atoms with Crippen LogP contribution in [0, 0.1) is 6.92 Å². The van der Waals surface area contributed by atoms with Crippen molar-refractivity contribution >= 4 is 27.5 Å². The van der Waals surface area contributed by atoms with Gasteiger partial charge in [0.05, 0.1) is 6.54 Å². The second-order valence-corrected chi connectivity index (χ2v) is 5.00. The maximum atomic E-state index is 11.9. The van der Waals surface area contributed by atoms with Crippen molar-refractivity contribution in [3.8, 4) is 0 Å². The molecule has 3 nitrogen and oxygen atoms in total. The molecule has 2 heterocycles. The molecule has 2 rings (SSSR count). The van der Waals surface area contributed by atoms with Gasteiger partial charge in [-0.05, 0) is 35.0 Å². The van der Waals surface area contributed by atoms with Crippen LogP contribution in [0.1, 0.15) is 11.1 Å². The summed E-state index contributed by atoms with van der Waals surface area (Å²) in [6, 6.07) is 5.46. The Hall–Kier alpha value is -1.13. The van der Waals surface area contributed by atoms with Crippen LogP contribution in [0.25, 0.3) is 0 Å². The van der Waals surface area contributed by atoms with Gasteiger partial charge >= 0.3 is 0 Å². The van der Waals surface area contributed by atoms with E-state index in [0.717, 1.165) is 10.0 Å². The number of pyridine rings is 2. The van der Waals surface area contributed by atoms with Gasteiger partial charge < -0.3 is 4.57 Å². The standard InChI is InChI=1S/C12H10BrClN2O/c1-8-5-10(13)7-16(12(8)17)6-9-3-2-4-15-11(9)14/h2-5,7H,6H2,1H3. The van der Waals surface area contributed by atoms with Crippen molar-refractivity contribution in [2.45, 2.75) is 13.5 Å². The van der Waals surface area contributed by atoms with Crippen molar-refractivity contribution in [3.05, 3.63) is 61.7 Å². The average Bonchev–Trinajstić information content (AvgIpc) is 2.28. The van der Waals surface area contributed by atoms with Gasteiger partial charge in [-0.2, -0.15) is 0 Å². The molecule has 0 saturated carbocycles. The Kier molecular flexibility index (Phi) is 3.64. The van der Waals surface area contributed by atoms with E-state index in [2.05, 4.69) is 20.9 Å². The molecule has 0 aliphatic rings. The predicted molar refractivity (Wildman–Crippen MR) is 71.5 cm³/mol. The zero-order valence-corrected chi connectivity index (χ0v) is 11.5. The number of halogens is 2. The van der Waals surface area contributed by atoms with Gasteiger partial charge in [-0.1, -0.05) is 17.7 Å². The SMILES string of the molecule is Cc1cc(Br)cn(Cc2cccnc2Cl)c1=O. The van der Waals surface area contributed by atoms with Crippen molar-refractivity contribution in [2.24, 2.45) is 0 Å². The highest BCUT2D eigenvalue weighted by molar-refractivity contribution is 9.10. The molecule has 0 aliphatic carbocycles. The topological polar surface area (TPSA) is 34.9 Å². The van der Waals surface area contributed by atoms with Gasteiger partial charge in [0.15, 0.2) is 0 Å². The first kappa shape index (κ1) is 12.3. The first-order valence-electron chi connectivity index (χ1n) is 5.04. The Balaban J connectivity index is 2.44. The summed E-state index contributed by atoms with van der Waals surface area (Å²) in [6.07, 6.45) is 3.37. The van der Waals surface area contributed by atoms with E-state index in [9.17, 15) is 4.79 Å². The molecule has 0 unspecified atom stereocenters. The average molecular weight is 314 g/mol. The van der Waals surface area contributed by atoms with Gasteiger partial charge in [-0.3, -0.25) is 4.79 Å². The van der Waals surface area contributed by atoms with Gasteiger partial charge in [0.2, 0.25) is 0 Å². The molecular weight excluding hydrogens is 304 g/mol. The lowest BCUT2D eigenvalue weighted by molar-refractivity contribution is 0.746. The minimum atomic E-state index is -0.0203. The molecule has 0 atom stereocenters. The van der Waals surface area contributed by atoms with Gasteiger partial charge in [0.25, 0.3) is 5.56 Å². The number of nitrogens with zero attached hydrogens (tertiary/aromatic N) is 2. The molecule has 0 aromatic carbocycles. The second kappa shape index (κ2) is 5.02. The molecule has 0 fully saturated rings. The molecule has 0 spiro atoms. The molecule has 2 aromatic rings. The largest absolute Gasteiger partial charge is 0.310 e. The molecular formula is C12H10BrClN2O. The monoisotopic (exact) mass is 312 g/mol. The number of aromatic nitrogens is 2. The molecule has 88 valence electrons. The molecule has 0 amide bonds. The Morgan fingerprint density at radius 2 is 2.29 bits per heavy atom. The third-order valence-electron chi connectivity index (χ3n) is 2.41. The van der Waals surface area contributed by atoms with E-state index in [1.54, 1.807) is 36.0 Å². The van der Waals surface area contributed by atoms with Crippen molar-refractivity contribution in [2.75, 3.05) is 0 Å². The van der Waals surface area contributed by atoms with Crippen LogP contribution in [0.15, 0.2) is 39.9 Å². The summed E-state index contributed by atoms with van der Waals surface area (Å²) in [5, 5.41) is 0.428. The highest BCUT2D eigenvalue weighted by Gasteiger charge is 2.05. The zero-order chi connectivity index (χ0) is 12.4. The second-order valence-electron chi connectivity index (χ2n) is 3.73. The molecule has 2 aromatic heterocycles. The van der Waals surface area contributed by atoms with Crippen molar-refractivity contribution < 1.29 is 0 Å². The predicted octanol–water partition coefficient (Wildman–Crippen LogP) is 3.02. The van der Waals surface area contributed by atoms with Crippen LogP contribution >= 0.6 is 27.5 Å². The summed E-state index contributed by atoms with van der Waals surface area (Å²) in [5.74, 6) is 0. The van der Waals surface area contributed by atoms with E-state index in [0.29, 0.717) is 17.3 Å². The van der Waals surface area contributed by atoms with Crippen LogP contribution < -0.4 is 5.56 Å². The van der Waals surface area contributed by atoms with Gasteiger partial charge in [-0.15, -0.1) is 0 Å². The molecule has 0 bridgehead atoms. The molecule has 0 N–H and O–H groups in total. The van der Waals surface area contributed by atoms with Crippen LogP contribution in [0.3, 0.4) is 0 Å². The van der Waals surface area contributed by atoms with E-state index in [1.807, 2.05) is 6.07 Å². The van der Waals surface area contributed by atoms with E-state index in [1.165, 1.54) is 0 Å². The Morgan fingerprint density at radius 1 is 1.53 bits per heavy atom. The molecule has 17 heavy (non-hydrogen) atoms.